The molecule has 0 aliphatic carbocycles. The Kier molecular flexibility index (Phi) is 14.0. The zero-order valence-corrected chi connectivity index (χ0v) is 23.6. The van der Waals surface area contributed by atoms with Crippen molar-refractivity contribution in [1.29, 1.82) is 0 Å². The molecule has 3 aromatic carbocycles. The van der Waals surface area contributed by atoms with E-state index in [0.29, 0.717) is 49.2 Å². The standard InChI is InChI=1S/C29H32ClNO5S.Li.H/c1-20-5-3-4-6-24(20)26-17-22(19-36-15-14-35-18-21-7-10-23(30)11-8-21)9-12-25(26)28(32)31-27(29(33)34)13-16-37-2;;/h3-12,17,27H,13-16,18-19H2,1-2H3,(H,31,32)(H,33,34);;/q;+1;-1/t27-;;/m0../s1. The van der Waals surface area contributed by atoms with Crippen molar-refractivity contribution >= 4 is 35.2 Å². The number of ether oxygens (including phenoxy) is 2. The van der Waals surface area contributed by atoms with Crippen LogP contribution in [-0.2, 0) is 27.5 Å². The van der Waals surface area contributed by atoms with E-state index in [4.69, 9.17) is 21.1 Å². The van der Waals surface area contributed by atoms with Crippen LogP contribution < -0.4 is 24.2 Å². The average molecular weight is 550 g/mol. The van der Waals surface area contributed by atoms with Crippen molar-refractivity contribution in [1.82, 2.24) is 5.32 Å². The van der Waals surface area contributed by atoms with Crippen molar-refractivity contribution < 1.29 is 44.5 Å². The predicted octanol–water partition coefficient (Wildman–Crippen LogP) is 3.10. The van der Waals surface area contributed by atoms with Crippen LogP contribution in [0.25, 0.3) is 11.1 Å². The van der Waals surface area contributed by atoms with Crippen LogP contribution in [0.1, 0.15) is 34.9 Å². The topological polar surface area (TPSA) is 84.9 Å². The van der Waals surface area contributed by atoms with Gasteiger partial charge in [-0.2, -0.15) is 11.8 Å². The second-order valence-corrected chi connectivity index (χ2v) is 9.99. The summed E-state index contributed by atoms with van der Waals surface area (Å²) in [5.74, 6) is -0.806. The summed E-state index contributed by atoms with van der Waals surface area (Å²) < 4.78 is 11.5. The zero-order chi connectivity index (χ0) is 26.6. The Balaban J connectivity index is 0.00000380. The van der Waals surface area contributed by atoms with Gasteiger partial charge in [0.2, 0.25) is 0 Å². The fraction of sp³-hybridized carbons (Fsp3) is 0.310. The van der Waals surface area contributed by atoms with Gasteiger partial charge in [0, 0.05) is 10.6 Å². The fourth-order valence-electron chi connectivity index (χ4n) is 3.78. The van der Waals surface area contributed by atoms with Gasteiger partial charge in [-0.1, -0.05) is 54.1 Å². The van der Waals surface area contributed by atoms with E-state index < -0.39 is 17.9 Å². The van der Waals surface area contributed by atoms with E-state index in [1.165, 1.54) is 0 Å². The third-order valence-corrected chi connectivity index (χ3v) is 6.70. The molecular weight excluding hydrogens is 517 g/mol. The first-order valence-corrected chi connectivity index (χ1v) is 13.8. The molecule has 0 unspecified atom stereocenters. The summed E-state index contributed by atoms with van der Waals surface area (Å²) in [6.45, 7) is 3.69. The quantitative estimate of drug-likeness (QED) is 0.237. The molecule has 3 aromatic rings. The van der Waals surface area contributed by atoms with Crippen LogP contribution in [0.5, 0.6) is 0 Å². The molecule has 6 nitrogen and oxygen atoms in total. The Labute approximate surface area is 247 Å². The number of aliphatic carboxylic acids is 1. The number of carbonyl (C=O) groups excluding carboxylic acids is 1. The van der Waals surface area contributed by atoms with Crippen molar-refractivity contribution in [2.45, 2.75) is 32.6 Å². The number of rotatable bonds is 14. The minimum atomic E-state index is -1.04. The van der Waals surface area contributed by atoms with Crippen LogP contribution in [0, 0.1) is 6.92 Å². The third kappa shape index (κ3) is 9.81. The third-order valence-electron chi connectivity index (χ3n) is 5.80. The second kappa shape index (κ2) is 16.7. The van der Waals surface area contributed by atoms with Crippen LogP contribution in [0.2, 0.25) is 5.02 Å². The molecule has 0 radical (unpaired) electrons. The molecule has 0 aliphatic rings. The second-order valence-electron chi connectivity index (χ2n) is 8.57. The SMILES string of the molecule is CSCC[C@H](NC(=O)c1ccc(COCCOCc2ccc(Cl)cc2)cc1-c1ccccc1C)C(=O)O.[H-].[Li+]. The van der Waals surface area contributed by atoms with Gasteiger partial charge in [0.15, 0.2) is 0 Å². The smallest absolute Gasteiger partial charge is 1.00 e. The van der Waals surface area contributed by atoms with Gasteiger partial charge in [-0.05, 0) is 77.4 Å². The molecule has 3 rings (SSSR count). The van der Waals surface area contributed by atoms with Crippen LogP contribution in [-0.4, -0.2) is 48.2 Å². The number of carbonyl (C=O) groups is 2. The van der Waals surface area contributed by atoms with Gasteiger partial charge in [0.05, 0.1) is 26.4 Å². The zero-order valence-electron chi connectivity index (χ0n) is 23.0. The van der Waals surface area contributed by atoms with E-state index in [2.05, 4.69) is 5.32 Å². The van der Waals surface area contributed by atoms with Gasteiger partial charge < -0.3 is 21.3 Å². The van der Waals surface area contributed by atoms with Crippen molar-refractivity contribution in [3.8, 4) is 11.1 Å². The number of nitrogens with one attached hydrogen (secondary N) is 1. The molecule has 2 N–H and O–H groups in total. The number of carboxylic acids is 1. The minimum Gasteiger partial charge on any atom is -1.00 e. The Hall–Kier alpha value is -2.24. The molecule has 0 spiro atoms. The maximum atomic E-state index is 13.2. The Bertz CT molecular complexity index is 1200. The van der Waals surface area contributed by atoms with Gasteiger partial charge in [0.1, 0.15) is 6.04 Å². The normalized spacial score (nSPS) is 11.4. The molecule has 198 valence electrons. The van der Waals surface area contributed by atoms with Crippen LogP contribution >= 0.6 is 23.4 Å². The molecule has 1 amide bonds. The largest absolute Gasteiger partial charge is 1.00 e. The summed E-state index contributed by atoms with van der Waals surface area (Å²) in [5.41, 5.74) is 5.05. The summed E-state index contributed by atoms with van der Waals surface area (Å²) >= 11 is 7.45. The molecule has 0 saturated heterocycles. The van der Waals surface area contributed by atoms with Crippen molar-refractivity contribution in [3.63, 3.8) is 0 Å². The maximum Gasteiger partial charge on any atom is 1.00 e. The summed E-state index contributed by atoms with van der Waals surface area (Å²) in [6.07, 6.45) is 2.26. The first kappa shape index (κ1) is 32.0. The van der Waals surface area contributed by atoms with E-state index in [1.807, 2.05) is 73.8 Å². The summed E-state index contributed by atoms with van der Waals surface area (Å²) in [5, 5.41) is 12.9. The van der Waals surface area contributed by atoms with E-state index >= 15 is 0 Å². The van der Waals surface area contributed by atoms with Crippen LogP contribution in [0.4, 0.5) is 0 Å². The average Bonchev–Trinajstić information content (AvgIpc) is 2.89. The number of hydrogen-bond acceptors (Lipinski definition) is 5. The molecule has 1 atom stereocenters. The number of carboxylic acid groups (broad SMARTS) is 1. The number of halogens is 1. The summed E-state index contributed by atoms with van der Waals surface area (Å²) in [4.78, 5) is 24.8. The van der Waals surface area contributed by atoms with Crippen molar-refractivity contribution in [2.75, 3.05) is 25.2 Å². The van der Waals surface area contributed by atoms with Crippen molar-refractivity contribution in [3.05, 3.63) is 94.0 Å². The molecule has 0 heterocycles. The Morgan fingerprint density at radius 2 is 1.61 bits per heavy atom. The van der Waals surface area contributed by atoms with E-state index in [-0.39, 0.29) is 20.3 Å². The summed E-state index contributed by atoms with van der Waals surface area (Å²) in [7, 11) is 0. The van der Waals surface area contributed by atoms with E-state index in [9.17, 15) is 14.7 Å². The number of hydrogen-bond donors (Lipinski definition) is 2. The first-order chi connectivity index (χ1) is 17.9. The molecule has 0 aliphatic heterocycles. The molecule has 38 heavy (non-hydrogen) atoms. The Morgan fingerprint density at radius 3 is 2.24 bits per heavy atom. The van der Waals surface area contributed by atoms with Gasteiger partial charge in [-0.3, -0.25) is 4.79 Å². The van der Waals surface area contributed by atoms with Gasteiger partial charge >= 0.3 is 24.8 Å². The molecule has 0 fully saturated rings. The van der Waals surface area contributed by atoms with E-state index in [1.54, 1.807) is 17.8 Å². The monoisotopic (exact) mass is 549 g/mol. The minimum absolute atomic E-state index is 0. The van der Waals surface area contributed by atoms with Crippen LogP contribution in [0.15, 0.2) is 66.7 Å². The van der Waals surface area contributed by atoms with Crippen molar-refractivity contribution in [2.24, 2.45) is 0 Å². The summed E-state index contributed by atoms with van der Waals surface area (Å²) in [6, 6.07) is 19.9. The Morgan fingerprint density at radius 1 is 0.974 bits per heavy atom. The molecule has 0 bridgehead atoms. The van der Waals surface area contributed by atoms with Crippen LogP contribution in [0.3, 0.4) is 0 Å². The molecule has 0 saturated carbocycles. The fourth-order valence-corrected chi connectivity index (χ4v) is 4.38. The first-order valence-electron chi connectivity index (χ1n) is 12.0. The predicted molar refractivity (Wildman–Crippen MR) is 150 cm³/mol. The maximum absolute atomic E-state index is 13.2. The van der Waals surface area contributed by atoms with Gasteiger partial charge in [-0.15, -0.1) is 0 Å². The van der Waals surface area contributed by atoms with Gasteiger partial charge in [-0.25, -0.2) is 4.79 Å². The van der Waals surface area contributed by atoms with E-state index in [0.717, 1.165) is 27.8 Å². The molecule has 0 aromatic heterocycles. The molecular formula is C29H33ClLiNO5S. The number of amides is 1. The number of aryl methyl sites for hydroxylation is 1. The number of thioether (sulfide) groups is 1. The number of benzene rings is 3. The molecule has 9 heteroatoms. The van der Waals surface area contributed by atoms with Gasteiger partial charge in [0.25, 0.3) is 5.91 Å².